The van der Waals surface area contributed by atoms with Crippen LogP contribution in [-0.2, 0) is 20.4 Å². The predicted octanol–water partition coefficient (Wildman–Crippen LogP) is 0.0551. The molecule has 1 fully saturated rings. The van der Waals surface area contributed by atoms with Crippen LogP contribution in [0.1, 0.15) is 32.1 Å². The van der Waals surface area contributed by atoms with Crippen molar-refractivity contribution in [2.24, 2.45) is 17.6 Å². The van der Waals surface area contributed by atoms with Gasteiger partial charge in [0.1, 0.15) is 6.04 Å². The Morgan fingerprint density at radius 2 is 2.00 bits per heavy atom. The van der Waals surface area contributed by atoms with Gasteiger partial charge >= 0.3 is 0 Å². The lowest BCUT2D eigenvalue weighted by Gasteiger charge is -2.28. The van der Waals surface area contributed by atoms with Gasteiger partial charge in [0.15, 0.2) is 0 Å². The predicted molar refractivity (Wildman–Crippen MR) is 75.7 cm³/mol. The number of hydrogen-bond donors (Lipinski definition) is 2. The Morgan fingerprint density at radius 1 is 1.40 bits per heavy atom. The monoisotopic (exact) mass is 299 g/mol. The van der Waals surface area contributed by atoms with E-state index in [0.717, 1.165) is 12.8 Å². The Labute approximate surface area is 121 Å². The summed E-state index contributed by atoms with van der Waals surface area (Å²) in [6.07, 6.45) is 4.94. The molecule has 7 heteroatoms. The summed E-state index contributed by atoms with van der Waals surface area (Å²) in [4.78, 5) is 23.6. The lowest BCUT2D eigenvalue weighted by Crippen LogP contribution is -2.45. The molecule has 1 aliphatic carbocycles. The SMILES string of the molecule is CS(=O)CC[C@@H](C#N)NC(=O)[C@@H]1CCCC[C@@H]1C(N)=O. The number of nitrogens with one attached hydrogen (secondary N) is 1. The van der Waals surface area contributed by atoms with Gasteiger partial charge in [-0.15, -0.1) is 0 Å². The molecule has 0 aliphatic heterocycles. The van der Waals surface area contributed by atoms with Gasteiger partial charge in [0.2, 0.25) is 11.8 Å². The van der Waals surface area contributed by atoms with Gasteiger partial charge < -0.3 is 11.1 Å². The van der Waals surface area contributed by atoms with E-state index in [9.17, 15) is 13.8 Å². The molecule has 6 nitrogen and oxygen atoms in total. The average molecular weight is 299 g/mol. The Bertz CT molecular complexity index is 433. The molecule has 1 saturated carbocycles. The molecular formula is C13H21N3O3S. The van der Waals surface area contributed by atoms with Gasteiger partial charge in [-0.05, 0) is 19.3 Å². The smallest absolute Gasteiger partial charge is 0.224 e. The third-order valence-electron chi connectivity index (χ3n) is 3.63. The fraction of sp³-hybridized carbons (Fsp3) is 0.769. The molecule has 20 heavy (non-hydrogen) atoms. The van der Waals surface area contributed by atoms with Crippen LogP contribution in [0.5, 0.6) is 0 Å². The maximum atomic E-state index is 12.2. The van der Waals surface area contributed by atoms with Gasteiger partial charge in [0, 0.05) is 34.6 Å². The van der Waals surface area contributed by atoms with Crippen molar-refractivity contribution >= 4 is 22.6 Å². The molecular weight excluding hydrogens is 278 g/mol. The molecule has 0 saturated heterocycles. The quantitative estimate of drug-likeness (QED) is 0.721. The molecule has 1 aliphatic rings. The molecule has 0 aromatic heterocycles. The summed E-state index contributed by atoms with van der Waals surface area (Å²) >= 11 is 0. The number of nitriles is 1. The van der Waals surface area contributed by atoms with Crippen molar-refractivity contribution in [2.45, 2.75) is 38.1 Å². The molecule has 3 N–H and O–H groups in total. The van der Waals surface area contributed by atoms with E-state index in [2.05, 4.69) is 5.32 Å². The molecule has 0 aromatic carbocycles. The van der Waals surface area contributed by atoms with Gasteiger partial charge in [-0.1, -0.05) is 12.8 Å². The van der Waals surface area contributed by atoms with Gasteiger partial charge in [-0.25, -0.2) is 0 Å². The number of rotatable bonds is 6. The van der Waals surface area contributed by atoms with E-state index in [0.29, 0.717) is 25.0 Å². The van der Waals surface area contributed by atoms with E-state index in [-0.39, 0.29) is 5.91 Å². The second kappa shape index (κ2) is 8.00. The summed E-state index contributed by atoms with van der Waals surface area (Å²) in [5.74, 6) is -1.26. The van der Waals surface area contributed by atoms with E-state index < -0.39 is 34.6 Å². The van der Waals surface area contributed by atoms with Crippen LogP contribution in [0.3, 0.4) is 0 Å². The number of carbonyl (C=O) groups is 2. The third-order valence-corrected chi connectivity index (χ3v) is 4.45. The van der Waals surface area contributed by atoms with Crippen LogP contribution in [0.4, 0.5) is 0 Å². The highest BCUT2D eigenvalue weighted by Gasteiger charge is 2.35. The molecule has 112 valence electrons. The molecule has 1 unspecified atom stereocenters. The Kier molecular flexibility index (Phi) is 6.65. The molecule has 0 heterocycles. The first kappa shape index (κ1) is 16.6. The maximum Gasteiger partial charge on any atom is 0.224 e. The number of hydrogen-bond acceptors (Lipinski definition) is 4. The summed E-state index contributed by atoms with van der Waals surface area (Å²) in [6.45, 7) is 0. The number of nitrogens with two attached hydrogens (primary N) is 1. The minimum absolute atomic E-state index is 0.290. The molecule has 4 atom stereocenters. The van der Waals surface area contributed by atoms with Gasteiger partial charge in [-0.2, -0.15) is 5.26 Å². The van der Waals surface area contributed by atoms with E-state index in [1.54, 1.807) is 6.26 Å². The molecule has 0 spiro atoms. The van der Waals surface area contributed by atoms with E-state index in [1.807, 2.05) is 6.07 Å². The van der Waals surface area contributed by atoms with E-state index in [1.165, 1.54) is 0 Å². The van der Waals surface area contributed by atoms with Crippen LogP contribution in [0.25, 0.3) is 0 Å². The van der Waals surface area contributed by atoms with Gasteiger partial charge in [0.25, 0.3) is 0 Å². The van der Waals surface area contributed by atoms with Gasteiger partial charge in [-0.3, -0.25) is 13.8 Å². The summed E-state index contributed by atoms with van der Waals surface area (Å²) < 4.78 is 11.0. The molecule has 0 aromatic rings. The highest BCUT2D eigenvalue weighted by atomic mass is 32.2. The Balaban J connectivity index is 2.60. The molecule has 0 radical (unpaired) electrons. The Hall–Kier alpha value is -1.42. The largest absolute Gasteiger partial charge is 0.369 e. The lowest BCUT2D eigenvalue weighted by molar-refractivity contribution is -0.135. The minimum Gasteiger partial charge on any atom is -0.369 e. The van der Waals surface area contributed by atoms with E-state index >= 15 is 0 Å². The first-order valence-corrected chi connectivity index (χ1v) is 8.47. The highest BCUT2D eigenvalue weighted by molar-refractivity contribution is 7.84. The zero-order valence-corrected chi connectivity index (χ0v) is 12.4. The molecule has 0 bridgehead atoms. The summed E-state index contributed by atoms with van der Waals surface area (Å²) in [5, 5.41) is 11.6. The lowest BCUT2D eigenvalue weighted by atomic mass is 9.78. The second-order valence-corrected chi connectivity index (χ2v) is 6.71. The van der Waals surface area contributed by atoms with Gasteiger partial charge in [0.05, 0.1) is 6.07 Å². The first-order chi connectivity index (χ1) is 9.45. The van der Waals surface area contributed by atoms with Crippen LogP contribution in [0.15, 0.2) is 0 Å². The van der Waals surface area contributed by atoms with Crippen molar-refractivity contribution in [3.8, 4) is 6.07 Å². The topological polar surface area (TPSA) is 113 Å². The number of primary amides is 1. The van der Waals surface area contributed by atoms with Crippen LogP contribution in [0, 0.1) is 23.2 Å². The minimum atomic E-state index is -0.998. The van der Waals surface area contributed by atoms with Crippen molar-refractivity contribution < 1.29 is 13.8 Å². The van der Waals surface area contributed by atoms with Crippen molar-refractivity contribution in [1.29, 1.82) is 5.26 Å². The van der Waals surface area contributed by atoms with Crippen molar-refractivity contribution in [3.05, 3.63) is 0 Å². The first-order valence-electron chi connectivity index (χ1n) is 6.75. The van der Waals surface area contributed by atoms with Crippen LogP contribution >= 0.6 is 0 Å². The summed E-state index contributed by atoms with van der Waals surface area (Å²) in [6, 6.07) is 1.32. The van der Waals surface area contributed by atoms with Crippen molar-refractivity contribution in [3.63, 3.8) is 0 Å². The molecule has 2 amide bonds. The number of nitrogens with zero attached hydrogens (tertiary/aromatic N) is 1. The average Bonchev–Trinajstić information content (AvgIpc) is 2.42. The number of carbonyl (C=O) groups excluding carboxylic acids is 2. The second-order valence-electron chi connectivity index (χ2n) is 5.16. The zero-order chi connectivity index (χ0) is 15.1. The zero-order valence-electron chi connectivity index (χ0n) is 11.6. The van der Waals surface area contributed by atoms with Crippen molar-refractivity contribution in [2.75, 3.05) is 12.0 Å². The highest BCUT2D eigenvalue weighted by Crippen LogP contribution is 2.30. The summed E-state index contributed by atoms with van der Waals surface area (Å²) in [5.41, 5.74) is 5.33. The van der Waals surface area contributed by atoms with Crippen LogP contribution < -0.4 is 11.1 Å². The fourth-order valence-electron chi connectivity index (χ4n) is 2.52. The normalized spacial score (nSPS) is 25.2. The Morgan fingerprint density at radius 3 is 2.50 bits per heavy atom. The van der Waals surface area contributed by atoms with Crippen molar-refractivity contribution in [1.82, 2.24) is 5.32 Å². The standard InChI is InChI=1S/C13H21N3O3S/c1-20(19)7-6-9(8-14)16-13(18)11-5-3-2-4-10(11)12(15)17/h9-11H,2-7H2,1H3,(H2,15,17)(H,16,18)/t9-,10-,11+,20?/m0/s1. The van der Waals surface area contributed by atoms with E-state index in [4.69, 9.17) is 11.0 Å². The summed E-state index contributed by atoms with van der Waals surface area (Å²) in [7, 11) is -0.998. The maximum absolute atomic E-state index is 12.2. The fourth-order valence-corrected chi connectivity index (χ4v) is 3.08. The third kappa shape index (κ3) is 4.93. The number of amides is 2. The molecule has 1 rings (SSSR count). The van der Waals surface area contributed by atoms with Crippen LogP contribution in [-0.4, -0.2) is 34.1 Å². The van der Waals surface area contributed by atoms with Crippen LogP contribution in [0.2, 0.25) is 0 Å².